The molecule has 0 spiro atoms. The first-order chi connectivity index (χ1) is 10.1. The number of H-pyrrole nitrogens is 1. The van der Waals surface area contributed by atoms with Crippen LogP contribution in [-0.2, 0) is 17.8 Å². The summed E-state index contributed by atoms with van der Waals surface area (Å²) in [6.07, 6.45) is 3.15. The molecular weight excluding hydrogens is 292 g/mol. The van der Waals surface area contributed by atoms with Crippen molar-refractivity contribution < 1.29 is 14.7 Å². The first-order valence-corrected chi connectivity index (χ1v) is 7.26. The fourth-order valence-electron chi connectivity index (χ4n) is 1.77. The second kappa shape index (κ2) is 6.89. The lowest BCUT2D eigenvalue weighted by Gasteiger charge is -2.14. The van der Waals surface area contributed by atoms with E-state index in [4.69, 9.17) is 5.11 Å². The molecule has 0 unspecified atom stereocenters. The third kappa shape index (κ3) is 4.32. The normalized spacial score (nSPS) is 11.9. The number of urea groups is 1. The van der Waals surface area contributed by atoms with Gasteiger partial charge in [0.2, 0.25) is 0 Å². The maximum absolute atomic E-state index is 11.8. The van der Waals surface area contributed by atoms with Gasteiger partial charge in [0, 0.05) is 24.9 Å². The molecule has 4 N–H and O–H groups in total. The molecule has 0 radical (unpaired) electrons. The highest BCUT2D eigenvalue weighted by Crippen LogP contribution is 2.12. The number of hydrogen-bond acceptors (Lipinski definition) is 4. The van der Waals surface area contributed by atoms with E-state index in [0.717, 1.165) is 11.1 Å². The van der Waals surface area contributed by atoms with Crippen LogP contribution in [0.25, 0.3) is 0 Å². The minimum atomic E-state index is -1.09. The quantitative estimate of drug-likeness (QED) is 0.644. The number of carbonyl (C=O) groups is 2. The van der Waals surface area contributed by atoms with Crippen molar-refractivity contribution in [2.75, 3.05) is 0 Å². The van der Waals surface area contributed by atoms with Gasteiger partial charge < -0.3 is 20.7 Å². The number of nitrogens with one attached hydrogen (secondary N) is 3. The van der Waals surface area contributed by atoms with Gasteiger partial charge in [-0.3, -0.25) is 0 Å². The Balaban J connectivity index is 1.86. The summed E-state index contributed by atoms with van der Waals surface area (Å²) in [5.74, 6) is -1.09. The molecule has 8 heteroatoms. The summed E-state index contributed by atoms with van der Waals surface area (Å²) in [5, 5.41) is 18.2. The lowest BCUT2D eigenvalue weighted by molar-refractivity contribution is -0.139. The number of rotatable bonds is 6. The van der Waals surface area contributed by atoms with Crippen LogP contribution in [0.4, 0.5) is 4.79 Å². The summed E-state index contributed by atoms with van der Waals surface area (Å²) in [6, 6.07) is -1.51. The van der Waals surface area contributed by atoms with E-state index in [9.17, 15) is 9.59 Å². The molecule has 2 amide bonds. The largest absolute Gasteiger partial charge is 0.480 e. The van der Waals surface area contributed by atoms with E-state index < -0.39 is 18.0 Å². The zero-order valence-electron chi connectivity index (χ0n) is 11.4. The summed E-state index contributed by atoms with van der Waals surface area (Å²) in [5.41, 5.74) is 2.78. The second-order valence-electron chi connectivity index (χ2n) is 4.58. The van der Waals surface area contributed by atoms with Gasteiger partial charge in [0.25, 0.3) is 0 Å². The van der Waals surface area contributed by atoms with E-state index >= 15 is 0 Å². The summed E-state index contributed by atoms with van der Waals surface area (Å²) in [6.45, 7) is 2.33. The minimum Gasteiger partial charge on any atom is -0.480 e. The van der Waals surface area contributed by atoms with E-state index in [1.165, 1.54) is 12.5 Å². The standard InChI is InChI=1S/C13H16N4O3S/c1-8-5-21-6-9(8)3-15-13(20)17-11(12(18)19)2-10-4-14-7-16-10/h4-7,11H,2-3H2,1H3,(H,14,16)(H,18,19)(H2,15,17,20)/t11-/m0/s1. The number of aromatic nitrogens is 2. The summed E-state index contributed by atoms with van der Waals surface area (Å²) >= 11 is 1.56. The molecule has 0 aliphatic rings. The van der Waals surface area contributed by atoms with Crippen molar-refractivity contribution in [1.82, 2.24) is 20.6 Å². The van der Waals surface area contributed by atoms with Gasteiger partial charge in [-0.25, -0.2) is 14.6 Å². The molecule has 0 saturated heterocycles. The van der Waals surface area contributed by atoms with E-state index in [1.54, 1.807) is 11.3 Å². The zero-order chi connectivity index (χ0) is 15.2. The molecule has 0 aliphatic carbocycles. The number of aromatic amines is 1. The van der Waals surface area contributed by atoms with E-state index in [0.29, 0.717) is 12.2 Å². The summed E-state index contributed by atoms with van der Waals surface area (Å²) in [4.78, 5) is 29.6. The molecule has 2 rings (SSSR count). The van der Waals surface area contributed by atoms with Crippen LogP contribution in [0.2, 0.25) is 0 Å². The minimum absolute atomic E-state index is 0.153. The highest BCUT2D eigenvalue weighted by molar-refractivity contribution is 7.08. The van der Waals surface area contributed by atoms with Gasteiger partial charge in [-0.05, 0) is 28.8 Å². The van der Waals surface area contributed by atoms with Crippen LogP contribution in [-0.4, -0.2) is 33.1 Å². The highest BCUT2D eigenvalue weighted by atomic mass is 32.1. The Hall–Kier alpha value is -2.35. The van der Waals surface area contributed by atoms with Crippen LogP contribution < -0.4 is 10.6 Å². The average molecular weight is 308 g/mol. The molecule has 112 valence electrons. The van der Waals surface area contributed by atoms with Crippen molar-refractivity contribution >= 4 is 23.3 Å². The maximum atomic E-state index is 11.8. The molecule has 1 atom stereocenters. The zero-order valence-corrected chi connectivity index (χ0v) is 12.2. The number of thiophene rings is 1. The highest BCUT2D eigenvalue weighted by Gasteiger charge is 2.20. The number of imidazole rings is 1. The van der Waals surface area contributed by atoms with Crippen LogP contribution in [0.15, 0.2) is 23.3 Å². The van der Waals surface area contributed by atoms with E-state index in [1.807, 2.05) is 17.7 Å². The Morgan fingerprint density at radius 1 is 1.48 bits per heavy atom. The molecular formula is C13H16N4O3S. The molecule has 0 bridgehead atoms. The predicted octanol–water partition coefficient (Wildman–Crippen LogP) is 1.27. The number of aliphatic carboxylic acids is 1. The van der Waals surface area contributed by atoms with Gasteiger partial charge in [-0.2, -0.15) is 11.3 Å². The van der Waals surface area contributed by atoms with Crippen LogP contribution in [0, 0.1) is 6.92 Å². The van der Waals surface area contributed by atoms with Crippen molar-refractivity contribution in [3.05, 3.63) is 40.1 Å². The first kappa shape index (κ1) is 15.0. The maximum Gasteiger partial charge on any atom is 0.326 e. The SMILES string of the molecule is Cc1cscc1CNC(=O)N[C@@H](Cc1cnc[nH]1)C(=O)O. The van der Waals surface area contributed by atoms with Gasteiger partial charge >= 0.3 is 12.0 Å². The third-order valence-corrected chi connectivity index (χ3v) is 3.89. The Morgan fingerprint density at radius 3 is 2.86 bits per heavy atom. The van der Waals surface area contributed by atoms with E-state index in [2.05, 4.69) is 20.6 Å². The molecule has 0 aromatic carbocycles. The van der Waals surface area contributed by atoms with Crippen LogP contribution in [0.1, 0.15) is 16.8 Å². The second-order valence-corrected chi connectivity index (χ2v) is 5.32. The van der Waals surface area contributed by atoms with Gasteiger partial charge in [0.15, 0.2) is 0 Å². The topological polar surface area (TPSA) is 107 Å². The van der Waals surface area contributed by atoms with Crippen molar-refractivity contribution in [3.63, 3.8) is 0 Å². The predicted molar refractivity (Wildman–Crippen MR) is 78.1 cm³/mol. The Labute approximate surface area is 125 Å². The number of aryl methyl sites for hydroxylation is 1. The monoisotopic (exact) mass is 308 g/mol. The van der Waals surface area contributed by atoms with Crippen molar-refractivity contribution in [2.45, 2.75) is 25.9 Å². The number of carbonyl (C=O) groups excluding carboxylic acids is 1. The molecule has 0 aliphatic heterocycles. The fraction of sp³-hybridized carbons (Fsp3) is 0.308. The summed E-state index contributed by atoms with van der Waals surface area (Å²) in [7, 11) is 0. The van der Waals surface area contributed by atoms with Crippen LogP contribution in [0.5, 0.6) is 0 Å². The fourth-order valence-corrected chi connectivity index (χ4v) is 2.63. The Bertz CT molecular complexity index is 609. The number of hydrogen-bond donors (Lipinski definition) is 4. The van der Waals surface area contributed by atoms with Crippen LogP contribution in [0.3, 0.4) is 0 Å². The first-order valence-electron chi connectivity index (χ1n) is 6.32. The number of carboxylic acids is 1. The van der Waals surface area contributed by atoms with Crippen molar-refractivity contribution in [2.24, 2.45) is 0 Å². The molecule has 0 saturated carbocycles. The number of amides is 2. The van der Waals surface area contributed by atoms with Crippen LogP contribution >= 0.6 is 11.3 Å². The molecule has 2 aromatic rings. The lowest BCUT2D eigenvalue weighted by Crippen LogP contribution is -2.47. The van der Waals surface area contributed by atoms with E-state index in [-0.39, 0.29) is 6.42 Å². The number of carboxylic acid groups (broad SMARTS) is 1. The van der Waals surface area contributed by atoms with Crippen molar-refractivity contribution in [1.29, 1.82) is 0 Å². The summed E-state index contributed by atoms with van der Waals surface area (Å²) < 4.78 is 0. The molecule has 0 fully saturated rings. The van der Waals surface area contributed by atoms with Gasteiger partial charge in [-0.15, -0.1) is 0 Å². The smallest absolute Gasteiger partial charge is 0.326 e. The lowest BCUT2D eigenvalue weighted by atomic mass is 10.1. The average Bonchev–Trinajstić information content (AvgIpc) is 3.07. The van der Waals surface area contributed by atoms with Crippen molar-refractivity contribution in [3.8, 4) is 0 Å². The molecule has 7 nitrogen and oxygen atoms in total. The Morgan fingerprint density at radius 2 is 2.29 bits per heavy atom. The molecule has 2 heterocycles. The molecule has 21 heavy (non-hydrogen) atoms. The van der Waals surface area contributed by atoms with Gasteiger partial charge in [0.05, 0.1) is 6.33 Å². The van der Waals surface area contributed by atoms with Gasteiger partial charge in [0.1, 0.15) is 6.04 Å². The molecule has 2 aromatic heterocycles. The van der Waals surface area contributed by atoms with Gasteiger partial charge in [-0.1, -0.05) is 0 Å². The Kier molecular flexibility index (Phi) is 4.94. The third-order valence-electron chi connectivity index (χ3n) is 2.98. The number of nitrogens with zero attached hydrogens (tertiary/aromatic N) is 1.